The molecule has 1 saturated heterocycles. The molecule has 6 nitrogen and oxygen atoms in total. The molecule has 1 aliphatic carbocycles. The highest BCUT2D eigenvalue weighted by Crippen LogP contribution is 2.43. The van der Waals surface area contributed by atoms with E-state index in [1.54, 1.807) is 0 Å². The molecule has 1 amide bonds. The molecular formula is C14H25N3O3. The van der Waals surface area contributed by atoms with Crippen LogP contribution in [0.15, 0.2) is 0 Å². The summed E-state index contributed by atoms with van der Waals surface area (Å²) in [5.41, 5.74) is -0.193. The number of hydrogen-bond donors (Lipinski definition) is 3. The van der Waals surface area contributed by atoms with Gasteiger partial charge in [0.2, 0.25) is 5.91 Å². The summed E-state index contributed by atoms with van der Waals surface area (Å²) in [5, 5.41) is 15.2. The minimum Gasteiger partial charge on any atom is -0.481 e. The maximum absolute atomic E-state index is 12.0. The number of carboxylic acids is 1. The third-order valence-corrected chi connectivity index (χ3v) is 4.40. The Balaban J connectivity index is 1.72. The van der Waals surface area contributed by atoms with Crippen LogP contribution in [0.25, 0.3) is 0 Å². The molecule has 1 saturated carbocycles. The fraction of sp³-hybridized carbons (Fsp3) is 0.857. The van der Waals surface area contributed by atoms with E-state index >= 15 is 0 Å². The lowest BCUT2D eigenvalue weighted by molar-refractivity contribution is -0.142. The van der Waals surface area contributed by atoms with Crippen LogP contribution in [-0.2, 0) is 9.59 Å². The predicted molar refractivity (Wildman–Crippen MR) is 75.5 cm³/mol. The van der Waals surface area contributed by atoms with Crippen molar-refractivity contribution in [3.63, 3.8) is 0 Å². The summed E-state index contributed by atoms with van der Waals surface area (Å²) in [5.74, 6) is -0.749. The minimum atomic E-state index is -0.766. The second-order valence-electron chi connectivity index (χ2n) is 6.08. The zero-order chi connectivity index (χ0) is 14.4. The summed E-state index contributed by atoms with van der Waals surface area (Å²) in [6, 6.07) is 0. The molecule has 2 rings (SSSR count). The summed E-state index contributed by atoms with van der Waals surface area (Å²) in [6.07, 6.45) is 4.12. The largest absolute Gasteiger partial charge is 0.481 e. The van der Waals surface area contributed by atoms with Gasteiger partial charge in [-0.05, 0) is 37.8 Å². The van der Waals surface area contributed by atoms with Gasteiger partial charge in [-0.1, -0.05) is 6.42 Å². The molecule has 0 aromatic carbocycles. The Morgan fingerprint density at radius 3 is 2.65 bits per heavy atom. The first-order valence-electron chi connectivity index (χ1n) is 7.51. The van der Waals surface area contributed by atoms with Gasteiger partial charge in [0.05, 0.1) is 13.0 Å². The number of hydrogen-bond acceptors (Lipinski definition) is 4. The lowest BCUT2D eigenvalue weighted by atomic mass is 9.66. The van der Waals surface area contributed by atoms with Crippen molar-refractivity contribution in [2.75, 3.05) is 39.3 Å². The number of carboxylic acid groups (broad SMARTS) is 1. The van der Waals surface area contributed by atoms with E-state index in [4.69, 9.17) is 5.11 Å². The Hall–Kier alpha value is -1.14. The maximum Gasteiger partial charge on any atom is 0.303 e. The predicted octanol–water partition coefficient (Wildman–Crippen LogP) is 0.0429. The highest BCUT2D eigenvalue weighted by atomic mass is 16.4. The van der Waals surface area contributed by atoms with Crippen molar-refractivity contribution in [3.05, 3.63) is 0 Å². The Kier molecular flexibility index (Phi) is 5.37. The number of carbonyl (C=O) groups excluding carboxylic acids is 1. The van der Waals surface area contributed by atoms with Crippen molar-refractivity contribution < 1.29 is 14.7 Å². The average molecular weight is 283 g/mol. The van der Waals surface area contributed by atoms with Gasteiger partial charge in [0.25, 0.3) is 0 Å². The van der Waals surface area contributed by atoms with Gasteiger partial charge in [0.15, 0.2) is 0 Å². The molecule has 0 atom stereocenters. The maximum atomic E-state index is 12.0. The molecule has 6 heteroatoms. The zero-order valence-corrected chi connectivity index (χ0v) is 12.0. The van der Waals surface area contributed by atoms with Gasteiger partial charge < -0.3 is 15.7 Å². The molecule has 0 unspecified atom stereocenters. The molecule has 0 radical (unpaired) electrons. The quantitative estimate of drug-likeness (QED) is 0.641. The van der Waals surface area contributed by atoms with Crippen LogP contribution in [0, 0.1) is 5.41 Å². The van der Waals surface area contributed by atoms with Crippen LogP contribution in [0.1, 0.15) is 32.1 Å². The van der Waals surface area contributed by atoms with Crippen molar-refractivity contribution in [2.45, 2.75) is 32.1 Å². The number of nitrogens with one attached hydrogen (secondary N) is 2. The summed E-state index contributed by atoms with van der Waals surface area (Å²) >= 11 is 0. The molecule has 20 heavy (non-hydrogen) atoms. The monoisotopic (exact) mass is 283 g/mol. The van der Waals surface area contributed by atoms with Crippen molar-refractivity contribution >= 4 is 11.9 Å². The van der Waals surface area contributed by atoms with E-state index in [1.807, 2.05) is 0 Å². The molecule has 2 fully saturated rings. The van der Waals surface area contributed by atoms with Gasteiger partial charge >= 0.3 is 5.97 Å². The van der Waals surface area contributed by atoms with Gasteiger partial charge in [-0.15, -0.1) is 0 Å². The molecular weight excluding hydrogens is 258 g/mol. The van der Waals surface area contributed by atoms with Crippen LogP contribution in [0.5, 0.6) is 0 Å². The van der Waals surface area contributed by atoms with Crippen LogP contribution in [0.4, 0.5) is 0 Å². The lowest BCUT2D eigenvalue weighted by Gasteiger charge is -2.41. The fourth-order valence-corrected chi connectivity index (χ4v) is 3.02. The molecule has 3 N–H and O–H groups in total. The molecule has 1 heterocycles. The van der Waals surface area contributed by atoms with E-state index in [0.717, 1.165) is 51.9 Å². The van der Waals surface area contributed by atoms with E-state index in [1.165, 1.54) is 0 Å². The number of amides is 1. The van der Waals surface area contributed by atoms with Gasteiger partial charge in [-0.25, -0.2) is 0 Å². The summed E-state index contributed by atoms with van der Waals surface area (Å²) < 4.78 is 0. The van der Waals surface area contributed by atoms with E-state index < -0.39 is 5.97 Å². The van der Waals surface area contributed by atoms with Crippen LogP contribution < -0.4 is 10.6 Å². The molecule has 2 aliphatic rings. The van der Waals surface area contributed by atoms with Gasteiger partial charge in [0, 0.05) is 19.6 Å². The third-order valence-electron chi connectivity index (χ3n) is 4.40. The van der Waals surface area contributed by atoms with Crippen LogP contribution >= 0.6 is 0 Å². The fourth-order valence-electron chi connectivity index (χ4n) is 3.02. The second-order valence-corrected chi connectivity index (χ2v) is 6.08. The lowest BCUT2D eigenvalue weighted by Crippen LogP contribution is -2.46. The average Bonchev–Trinajstić information content (AvgIpc) is 2.60. The molecule has 0 aromatic rings. The normalized spacial score (nSPS) is 22.6. The first kappa shape index (κ1) is 15.3. The zero-order valence-electron chi connectivity index (χ0n) is 12.0. The molecule has 0 aromatic heterocycles. The van der Waals surface area contributed by atoms with E-state index in [9.17, 15) is 9.59 Å². The molecule has 0 spiro atoms. The van der Waals surface area contributed by atoms with Crippen molar-refractivity contribution in [1.82, 2.24) is 15.5 Å². The van der Waals surface area contributed by atoms with Crippen LogP contribution in [0.2, 0.25) is 0 Å². The van der Waals surface area contributed by atoms with Gasteiger partial charge in [-0.3, -0.25) is 14.5 Å². The standard InChI is InChI=1S/C14H25N3O3/c18-12(10-17-7-2-5-15-6-8-17)16-11-14(3-1-4-14)9-13(19)20/h15H,1-11H2,(H,16,18)(H,19,20). The first-order chi connectivity index (χ1) is 9.60. The summed E-state index contributed by atoms with van der Waals surface area (Å²) in [7, 11) is 0. The Bertz CT molecular complexity index is 348. The minimum absolute atomic E-state index is 0.0172. The molecule has 114 valence electrons. The Labute approximate surface area is 119 Å². The van der Waals surface area contributed by atoms with E-state index in [-0.39, 0.29) is 17.7 Å². The summed E-state index contributed by atoms with van der Waals surface area (Å²) in [6.45, 7) is 4.71. The van der Waals surface area contributed by atoms with Crippen molar-refractivity contribution in [3.8, 4) is 0 Å². The Morgan fingerprint density at radius 1 is 1.20 bits per heavy atom. The Morgan fingerprint density at radius 2 is 2.00 bits per heavy atom. The smallest absolute Gasteiger partial charge is 0.303 e. The number of rotatable bonds is 6. The number of nitrogens with zero attached hydrogens (tertiary/aromatic N) is 1. The first-order valence-corrected chi connectivity index (χ1v) is 7.51. The number of aliphatic carboxylic acids is 1. The second kappa shape index (κ2) is 7.04. The number of carbonyl (C=O) groups is 2. The van der Waals surface area contributed by atoms with Crippen molar-refractivity contribution in [2.24, 2.45) is 5.41 Å². The molecule has 0 bridgehead atoms. The van der Waals surface area contributed by atoms with Gasteiger partial charge in [0.1, 0.15) is 0 Å². The van der Waals surface area contributed by atoms with E-state index in [0.29, 0.717) is 13.1 Å². The van der Waals surface area contributed by atoms with Crippen molar-refractivity contribution in [1.29, 1.82) is 0 Å². The van der Waals surface area contributed by atoms with Gasteiger partial charge in [-0.2, -0.15) is 0 Å². The van der Waals surface area contributed by atoms with Crippen LogP contribution in [-0.4, -0.2) is 61.2 Å². The summed E-state index contributed by atoms with van der Waals surface area (Å²) in [4.78, 5) is 25.0. The molecule has 1 aliphatic heterocycles. The van der Waals surface area contributed by atoms with Crippen LogP contribution in [0.3, 0.4) is 0 Å². The van der Waals surface area contributed by atoms with E-state index in [2.05, 4.69) is 15.5 Å². The highest BCUT2D eigenvalue weighted by molar-refractivity contribution is 5.78. The SMILES string of the molecule is O=C(O)CC1(CNC(=O)CN2CCCNCC2)CCC1. The third kappa shape index (κ3) is 4.45. The topological polar surface area (TPSA) is 81.7 Å². The highest BCUT2D eigenvalue weighted by Gasteiger charge is 2.39.